The molecule has 160 valence electrons. The minimum absolute atomic E-state index is 0.0528. The maximum atomic E-state index is 13.1. The zero-order valence-corrected chi connectivity index (χ0v) is 18.3. The number of benzene rings is 3. The molecule has 0 saturated heterocycles. The summed E-state index contributed by atoms with van der Waals surface area (Å²) in [5.41, 5.74) is 11.2. The summed E-state index contributed by atoms with van der Waals surface area (Å²) >= 11 is 0. The summed E-state index contributed by atoms with van der Waals surface area (Å²) in [5.74, 6) is 1.07. The zero-order chi connectivity index (χ0) is 21.6. The van der Waals surface area contributed by atoms with Crippen LogP contribution in [0.5, 0.6) is 0 Å². The molecule has 0 bridgehead atoms. The van der Waals surface area contributed by atoms with Gasteiger partial charge < -0.3 is 11.1 Å². The van der Waals surface area contributed by atoms with Crippen molar-refractivity contribution < 1.29 is 4.79 Å². The molecule has 0 radical (unpaired) electrons. The van der Waals surface area contributed by atoms with Crippen LogP contribution in [0.15, 0.2) is 78.9 Å². The topological polar surface area (TPSA) is 55.1 Å². The number of carbonyl (C=O) groups is 1. The van der Waals surface area contributed by atoms with Gasteiger partial charge in [0.2, 0.25) is 5.91 Å². The molecule has 31 heavy (non-hydrogen) atoms. The second kappa shape index (κ2) is 9.82. The number of rotatable bonds is 6. The minimum Gasteiger partial charge on any atom is -0.399 e. The highest BCUT2D eigenvalue weighted by molar-refractivity contribution is 5.79. The number of carbonyl (C=O) groups excluding carboxylic acids is 1. The number of anilines is 1. The first kappa shape index (κ1) is 21.2. The lowest BCUT2D eigenvalue weighted by atomic mass is 9.82. The third-order valence-electron chi connectivity index (χ3n) is 6.52. The van der Waals surface area contributed by atoms with E-state index in [4.69, 9.17) is 5.73 Å². The number of hydrogen-bond acceptors (Lipinski definition) is 2. The summed E-state index contributed by atoms with van der Waals surface area (Å²) in [6, 6.07) is 26.8. The highest BCUT2D eigenvalue weighted by Gasteiger charge is 2.26. The highest BCUT2D eigenvalue weighted by Crippen LogP contribution is 2.30. The van der Waals surface area contributed by atoms with Gasteiger partial charge >= 0.3 is 0 Å². The van der Waals surface area contributed by atoms with E-state index < -0.39 is 0 Å². The Labute approximate surface area is 185 Å². The maximum Gasteiger partial charge on any atom is 0.223 e. The second-order valence-corrected chi connectivity index (χ2v) is 8.96. The Balaban J connectivity index is 1.58. The number of nitrogens with one attached hydrogen (secondary N) is 1. The monoisotopic (exact) mass is 412 g/mol. The summed E-state index contributed by atoms with van der Waals surface area (Å²) in [4.78, 5) is 13.1. The van der Waals surface area contributed by atoms with Gasteiger partial charge in [-0.3, -0.25) is 4.79 Å². The molecule has 1 amide bonds. The minimum atomic E-state index is -0.0528. The van der Waals surface area contributed by atoms with Crippen LogP contribution in [0.25, 0.3) is 11.1 Å². The Morgan fingerprint density at radius 3 is 2.32 bits per heavy atom. The first-order valence-corrected chi connectivity index (χ1v) is 11.4. The lowest BCUT2D eigenvalue weighted by molar-refractivity contribution is -0.127. The molecule has 3 aromatic carbocycles. The van der Waals surface area contributed by atoms with Crippen LogP contribution >= 0.6 is 0 Å². The fourth-order valence-electron chi connectivity index (χ4n) is 4.52. The second-order valence-electron chi connectivity index (χ2n) is 8.96. The van der Waals surface area contributed by atoms with E-state index in [1.54, 1.807) is 0 Å². The number of amides is 1. The highest BCUT2D eigenvalue weighted by atomic mass is 16.1. The maximum absolute atomic E-state index is 13.1. The predicted octanol–water partition coefficient (Wildman–Crippen LogP) is 6.16. The average Bonchev–Trinajstić information content (AvgIpc) is 2.80. The number of nitrogens with two attached hydrogens (primary N) is 1. The number of hydrogen-bond donors (Lipinski definition) is 2. The third kappa shape index (κ3) is 5.55. The van der Waals surface area contributed by atoms with Crippen molar-refractivity contribution >= 4 is 11.6 Å². The van der Waals surface area contributed by atoms with E-state index in [0.29, 0.717) is 0 Å². The van der Waals surface area contributed by atoms with E-state index >= 15 is 0 Å². The van der Waals surface area contributed by atoms with Crippen LogP contribution in [0.1, 0.15) is 49.8 Å². The molecule has 1 fully saturated rings. The molecular weight excluding hydrogens is 380 g/mol. The Morgan fingerprint density at radius 1 is 0.903 bits per heavy atom. The number of nitrogen functional groups attached to an aromatic ring is 1. The molecule has 1 aliphatic rings. The third-order valence-corrected chi connectivity index (χ3v) is 6.52. The first-order chi connectivity index (χ1) is 15.1. The first-order valence-electron chi connectivity index (χ1n) is 11.4. The molecule has 0 aromatic heterocycles. The average molecular weight is 413 g/mol. The lowest BCUT2D eigenvalue weighted by Crippen LogP contribution is -2.36. The molecule has 0 spiro atoms. The molecule has 1 aliphatic carbocycles. The van der Waals surface area contributed by atoms with Gasteiger partial charge in [-0.1, -0.05) is 67.6 Å². The van der Waals surface area contributed by atoms with Crippen molar-refractivity contribution in [3.63, 3.8) is 0 Å². The van der Waals surface area contributed by atoms with E-state index in [0.717, 1.165) is 60.4 Å². The SMILES string of the molecule is CC1CCC(C(=O)NC(Cc2ccccc2)c2cccc(-c3ccc(N)cc3)c2)CC1. The standard InChI is InChI=1S/C28H32N2O/c1-20-10-12-23(13-11-20)28(31)30-27(18-21-6-3-2-4-7-21)25-9-5-8-24(19-25)22-14-16-26(29)17-15-22/h2-9,14-17,19-20,23,27H,10-13,18,29H2,1H3,(H,30,31). The molecule has 3 nitrogen and oxygen atoms in total. The zero-order valence-electron chi connectivity index (χ0n) is 18.3. The molecule has 3 N–H and O–H groups in total. The Kier molecular flexibility index (Phi) is 6.71. The summed E-state index contributed by atoms with van der Waals surface area (Å²) < 4.78 is 0. The summed E-state index contributed by atoms with van der Waals surface area (Å²) in [6.45, 7) is 2.29. The van der Waals surface area contributed by atoms with Crippen molar-refractivity contribution in [2.75, 3.05) is 5.73 Å². The van der Waals surface area contributed by atoms with Crippen LogP contribution in [-0.2, 0) is 11.2 Å². The van der Waals surface area contributed by atoms with Gasteiger partial charge in [0.05, 0.1) is 6.04 Å². The molecule has 1 atom stereocenters. The van der Waals surface area contributed by atoms with Crippen molar-refractivity contribution in [2.24, 2.45) is 11.8 Å². The molecule has 3 heteroatoms. The molecule has 4 rings (SSSR count). The van der Waals surface area contributed by atoms with E-state index in [-0.39, 0.29) is 17.9 Å². The largest absolute Gasteiger partial charge is 0.399 e. The van der Waals surface area contributed by atoms with Crippen molar-refractivity contribution in [3.05, 3.63) is 90.0 Å². The Hall–Kier alpha value is -3.07. The molecule has 3 aromatic rings. The molecule has 0 heterocycles. The van der Waals surface area contributed by atoms with Gasteiger partial charge in [0.25, 0.3) is 0 Å². The van der Waals surface area contributed by atoms with Gasteiger partial charge in [0, 0.05) is 11.6 Å². The Bertz CT molecular complexity index is 989. The van der Waals surface area contributed by atoms with Crippen LogP contribution in [0.4, 0.5) is 5.69 Å². The van der Waals surface area contributed by atoms with Crippen LogP contribution < -0.4 is 11.1 Å². The van der Waals surface area contributed by atoms with E-state index in [9.17, 15) is 4.79 Å². The van der Waals surface area contributed by atoms with Crippen molar-refractivity contribution in [2.45, 2.75) is 45.1 Å². The van der Waals surface area contributed by atoms with Gasteiger partial charge in [-0.05, 0) is 78.5 Å². The van der Waals surface area contributed by atoms with E-state index in [2.05, 4.69) is 60.8 Å². The van der Waals surface area contributed by atoms with E-state index in [1.807, 2.05) is 30.3 Å². The fourth-order valence-corrected chi connectivity index (χ4v) is 4.52. The van der Waals surface area contributed by atoms with Gasteiger partial charge in [-0.15, -0.1) is 0 Å². The van der Waals surface area contributed by atoms with Gasteiger partial charge in [-0.2, -0.15) is 0 Å². The predicted molar refractivity (Wildman–Crippen MR) is 128 cm³/mol. The van der Waals surface area contributed by atoms with Gasteiger partial charge in [-0.25, -0.2) is 0 Å². The Morgan fingerprint density at radius 2 is 1.61 bits per heavy atom. The van der Waals surface area contributed by atoms with Crippen LogP contribution in [-0.4, -0.2) is 5.91 Å². The lowest BCUT2D eigenvalue weighted by Gasteiger charge is -2.28. The van der Waals surface area contributed by atoms with E-state index in [1.165, 1.54) is 5.56 Å². The quantitative estimate of drug-likeness (QED) is 0.476. The smallest absolute Gasteiger partial charge is 0.223 e. The van der Waals surface area contributed by atoms with Crippen LogP contribution in [0.3, 0.4) is 0 Å². The van der Waals surface area contributed by atoms with Gasteiger partial charge in [0.1, 0.15) is 0 Å². The van der Waals surface area contributed by atoms with Crippen LogP contribution in [0, 0.1) is 11.8 Å². The van der Waals surface area contributed by atoms with Gasteiger partial charge in [0.15, 0.2) is 0 Å². The summed E-state index contributed by atoms with van der Waals surface area (Å²) in [7, 11) is 0. The van der Waals surface area contributed by atoms with Crippen molar-refractivity contribution in [3.8, 4) is 11.1 Å². The van der Waals surface area contributed by atoms with Crippen molar-refractivity contribution in [1.29, 1.82) is 0 Å². The van der Waals surface area contributed by atoms with Crippen molar-refractivity contribution in [1.82, 2.24) is 5.32 Å². The fraction of sp³-hybridized carbons (Fsp3) is 0.321. The normalized spacial score (nSPS) is 19.5. The molecule has 1 unspecified atom stereocenters. The molecule has 0 aliphatic heterocycles. The summed E-state index contributed by atoms with van der Waals surface area (Å²) in [5, 5.41) is 3.40. The molecule has 1 saturated carbocycles. The molecular formula is C28H32N2O. The summed E-state index contributed by atoms with van der Waals surface area (Å²) in [6.07, 6.45) is 5.07. The van der Waals surface area contributed by atoms with Crippen LogP contribution in [0.2, 0.25) is 0 Å².